The molecule has 0 aliphatic carbocycles. The summed E-state index contributed by atoms with van der Waals surface area (Å²) in [7, 11) is 1.64. The van der Waals surface area contributed by atoms with Crippen LogP contribution >= 0.6 is 11.6 Å². The van der Waals surface area contributed by atoms with E-state index in [9.17, 15) is 9.59 Å². The molecule has 7 nitrogen and oxygen atoms in total. The van der Waals surface area contributed by atoms with Gasteiger partial charge in [-0.3, -0.25) is 14.5 Å². The second-order valence-electron chi connectivity index (χ2n) is 6.69. The Morgan fingerprint density at radius 3 is 2.61 bits per heavy atom. The largest absolute Gasteiger partial charge is 0.496 e. The highest BCUT2D eigenvalue weighted by atomic mass is 35.5. The van der Waals surface area contributed by atoms with Crippen molar-refractivity contribution < 1.29 is 18.7 Å². The van der Waals surface area contributed by atoms with Crippen LogP contribution in [0, 0.1) is 6.92 Å². The molecule has 1 fully saturated rings. The molecule has 28 heavy (non-hydrogen) atoms. The summed E-state index contributed by atoms with van der Waals surface area (Å²) in [5, 5.41) is 3.33. The normalized spacial score (nSPS) is 14.8. The van der Waals surface area contributed by atoms with E-state index in [2.05, 4.69) is 10.2 Å². The highest BCUT2D eigenvalue weighted by Gasteiger charge is 2.22. The number of furan rings is 1. The van der Waals surface area contributed by atoms with Crippen LogP contribution in [-0.2, 0) is 11.3 Å². The molecule has 1 N–H and O–H groups in total. The van der Waals surface area contributed by atoms with Crippen LogP contribution in [0.3, 0.4) is 0 Å². The predicted octanol–water partition coefficient (Wildman–Crippen LogP) is 2.32. The lowest BCUT2D eigenvalue weighted by molar-refractivity contribution is -0.131. The Labute approximate surface area is 169 Å². The lowest BCUT2D eigenvalue weighted by atomic mass is 10.1. The summed E-state index contributed by atoms with van der Waals surface area (Å²) in [6.07, 6.45) is 1.46. The van der Waals surface area contributed by atoms with Gasteiger partial charge in [-0.25, -0.2) is 0 Å². The lowest BCUT2D eigenvalue weighted by Gasteiger charge is -2.35. The van der Waals surface area contributed by atoms with Gasteiger partial charge in [0, 0.05) is 43.3 Å². The van der Waals surface area contributed by atoms with Crippen LogP contribution in [0.25, 0.3) is 0 Å². The number of rotatable bonds is 6. The van der Waals surface area contributed by atoms with Crippen molar-refractivity contribution in [2.24, 2.45) is 0 Å². The smallest absolute Gasteiger partial charge is 0.255 e. The summed E-state index contributed by atoms with van der Waals surface area (Å²) in [5.41, 5.74) is 1.48. The highest BCUT2D eigenvalue weighted by Crippen LogP contribution is 2.24. The first-order valence-corrected chi connectivity index (χ1v) is 9.50. The lowest BCUT2D eigenvalue weighted by Crippen LogP contribution is -2.50. The Morgan fingerprint density at radius 1 is 1.21 bits per heavy atom. The molecule has 3 rings (SSSR count). The molecule has 0 saturated carbocycles. The fourth-order valence-corrected chi connectivity index (χ4v) is 3.45. The molecule has 8 heteroatoms. The van der Waals surface area contributed by atoms with Gasteiger partial charge in [-0.15, -0.1) is 0 Å². The van der Waals surface area contributed by atoms with Gasteiger partial charge in [0.2, 0.25) is 5.91 Å². The molecular formula is C20H24ClN3O4. The minimum absolute atomic E-state index is 0.0223. The van der Waals surface area contributed by atoms with Crippen LogP contribution in [0.5, 0.6) is 5.75 Å². The summed E-state index contributed by atoms with van der Waals surface area (Å²) in [6.45, 7) is 5.12. The van der Waals surface area contributed by atoms with Gasteiger partial charge in [-0.2, -0.15) is 0 Å². The number of carbonyl (C=O) groups excluding carboxylic acids is 2. The maximum absolute atomic E-state index is 12.4. The quantitative estimate of drug-likeness (QED) is 0.798. The number of nitrogens with zero attached hydrogens (tertiary/aromatic N) is 2. The van der Waals surface area contributed by atoms with Crippen LogP contribution in [0.2, 0.25) is 5.02 Å². The van der Waals surface area contributed by atoms with Crippen LogP contribution < -0.4 is 10.1 Å². The minimum atomic E-state index is -0.300. The SMILES string of the molecule is COc1ccc(Cl)cc1CN1CCN(C(=O)CNC(=O)c2ccoc2C)CC1. The number of aryl methyl sites for hydroxylation is 1. The summed E-state index contributed by atoms with van der Waals surface area (Å²) < 4.78 is 10.5. The number of piperazine rings is 1. The Balaban J connectivity index is 1.47. The van der Waals surface area contributed by atoms with Gasteiger partial charge >= 0.3 is 0 Å². The molecule has 0 atom stereocenters. The van der Waals surface area contributed by atoms with Crippen LogP contribution in [0.4, 0.5) is 0 Å². The standard InChI is InChI=1S/C20H24ClN3O4/c1-14-17(5-10-28-14)20(26)22-12-19(25)24-8-6-23(7-9-24)13-15-11-16(21)3-4-18(15)27-2/h3-5,10-11H,6-9,12-13H2,1-2H3,(H,22,26). The van der Waals surface area contributed by atoms with Crippen molar-refractivity contribution in [3.05, 3.63) is 52.4 Å². The van der Waals surface area contributed by atoms with Crippen molar-refractivity contribution in [2.75, 3.05) is 39.8 Å². The molecule has 150 valence electrons. The van der Waals surface area contributed by atoms with Crippen molar-refractivity contribution in [1.29, 1.82) is 0 Å². The molecule has 2 amide bonds. The van der Waals surface area contributed by atoms with Crippen molar-refractivity contribution in [2.45, 2.75) is 13.5 Å². The highest BCUT2D eigenvalue weighted by molar-refractivity contribution is 6.30. The molecular weight excluding hydrogens is 382 g/mol. The first kappa shape index (κ1) is 20.2. The average Bonchev–Trinajstić information content (AvgIpc) is 3.12. The molecule has 0 radical (unpaired) electrons. The molecule has 0 unspecified atom stereocenters. The van der Waals surface area contributed by atoms with Gasteiger partial charge in [0.15, 0.2) is 0 Å². The second kappa shape index (κ2) is 9.12. The van der Waals surface area contributed by atoms with E-state index in [-0.39, 0.29) is 18.4 Å². The summed E-state index contributed by atoms with van der Waals surface area (Å²) in [4.78, 5) is 28.5. The Bertz CT molecular complexity index is 844. The van der Waals surface area contributed by atoms with Crippen LogP contribution in [0.15, 0.2) is 34.9 Å². The molecule has 1 aliphatic heterocycles. The zero-order chi connectivity index (χ0) is 20.1. The second-order valence-corrected chi connectivity index (χ2v) is 7.12. The Kier molecular flexibility index (Phi) is 6.59. The Hall–Kier alpha value is -2.51. The molecule has 1 aromatic heterocycles. The van der Waals surface area contributed by atoms with E-state index in [1.807, 2.05) is 12.1 Å². The van der Waals surface area contributed by atoms with Gasteiger partial charge in [0.05, 0.1) is 25.5 Å². The van der Waals surface area contributed by atoms with Crippen LogP contribution in [-0.4, -0.2) is 61.4 Å². The number of methoxy groups -OCH3 is 1. The first-order valence-electron chi connectivity index (χ1n) is 9.12. The third-order valence-electron chi connectivity index (χ3n) is 4.87. The van der Waals surface area contributed by atoms with Crippen molar-refractivity contribution in [3.8, 4) is 5.75 Å². The number of ether oxygens (including phenoxy) is 1. The van der Waals surface area contributed by atoms with Gasteiger partial charge in [0.1, 0.15) is 11.5 Å². The van der Waals surface area contributed by atoms with Gasteiger partial charge in [-0.05, 0) is 31.2 Å². The monoisotopic (exact) mass is 405 g/mol. The van der Waals surface area contributed by atoms with Crippen LogP contribution in [0.1, 0.15) is 21.7 Å². The molecule has 0 bridgehead atoms. The fraction of sp³-hybridized carbons (Fsp3) is 0.400. The zero-order valence-corrected chi connectivity index (χ0v) is 16.8. The number of hydrogen-bond donors (Lipinski definition) is 1. The molecule has 2 heterocycles. The van der Waals surface area contributed by atoms with E-state index >= 15 is 0 Å². The van der Waals surface area contributed by atoms with E-state index < -0.39 is 0 Å². The number of nitrogens with one attached hydrogen (secondary N) is 1. The van der Waals surface area contributed by atoms with Gasteiger partial charge in [0.25, 0.3) is 5.91 Å². The minimum Gasteiger partial charge on any atom is -0.496 e. The number of benzene rings is 1. The third-order valence-corrected chi connectivity index (χ3v) is 5.10. The molecule has 1 saturated heterocycles. The average molecular weight is 406 g/mol. The first-order chi connectivity index (χ1) is 13.5. The summed E-state index contributed by atoms with van der Waals surface area (Å²) in [6, 6.07) is 7.17. The maximum Gasteiger partial charge on any atom is 0.255 e. The van der Waals surface area contributed by atoms with Crippen molar-refractivity contribution in [3.63, 3.8) is 0 Å². The number of hydrogen-bond acceptors (Lipinski definition) is 5. The van der Waals surface area contributed by atoms with Crippen molar-refractivity contribution in [1.82, 2.24) is 15.1 Å². The van der Waals surface area contributed by atoms with Gasteiger partial charge < -0.3 is 19.4 Å². The summed E-state index contributed by atoms with van der Waals surface area (Å²) >= 11 is 6.10. The number of amides is 2. The van der Waals surface area contributed by atoms with E-state index in [1.165, 1.54) is 6.26 Å². The third kappa shape index (κ3) is 4.85. The van der Waals surface area contributed by atoms with Crippen molar-refractivity contribution >= 4 is 23.4 Å². The maximum atomic E-state index is 12.4. The molecule has 0 spiro atoms. The molecule has 1 aromatic carbocycles. The zero-order valence-electron chi connectivity index (χ0n) is 16.0. The van der Waals surface area contributed by atoms with E-state index in [1.54, 1.807) is 31.1 Å². The number of halogens is 1. The molecule has 1 aliphatic rings. The fourth-order valence-electron chi connectivity index (χ4n) is 3.25. The Morgan fingerprint density at radius 2 is 1.96 bits per heavy atom. The summed E-state index contributed by atoms with van der Waals surface area (Å²) in [5.74, 6) is 0.955. The van der Waals surface area contributed by atoms with Gasteiger partial charge in [-0.1, -0.05) is 11.6 Å². The predicted molar refractivity (Wildman–Crippen MR) is 106 cm³/mol. The van der Waals surface area contributed by atoms with E-state index in [4.69, 9.17) is 20.8 Å². The van der Waals surface area contributed by atoms with E-state index in [0.29, 0.717) is 36.0 Å². The molecule has 2 aromatic rings. The topological polar surface area (TPSA) is 75.0 Å². The number of carbonyl (C=O) groups is 2. The van der Waals surface area contributed by atoms with E-state index in [0.717, 1.165) is 24.4 Å².